The highest BCUT2D eigenvalue weighted by Crippen LogP contribution is 2.38. The van der Waals surface area contributed by atoms with E-state index in [4.69, 9.17) is 29.0 Å². The third kappa shape index (κ3) is 6.85. The number of aryl methyl sites for hydroxylation is 1. The van der Waals surface area contributed by atoms with Crippen LogP contribution in [-0.2, 0) is 43.4 Å². The number of benzene rings is 1. The molecule has 1 atom stereocenters. The molecule has 1 aromatic carbocycles. The Morgan fingerprint density at radius 2 is 1.86 bits per heavy atom. The van der Waals surface area contributed by atoms with Crippen molar-refractivity contribution in [3.05, 3.63) is 70.6 Å². The van der Waals surface area contributed by atoms with Crippen molar-refractivity contribution in [2.45, 2.75) is 91.3 Å². The zero-order valence-corrected chi connectivity index (χ0v) is 25.8. The number of piperidine rings is 1. The normalized spacial score (nSPS) is 19.2. The standard InChI is InChI=1S/C33H44N4O5/c1-7-40-31(38)29(42-32(3,4)5)28-23(2)34-27-20-26-22-39-21-25-14-9-8-12-24(25)13-10-11-19-41-33(6)15-17-36(18-16-33)30(28)37(27)35-26/h8-12,14,20,29H,7,13,15-19,21-22H2,1-6H3/b11-10-/t29-/m0/s1. The molecule has 0 amide bonds. The molecular formula is C33H44N4O5. The average molecular weight is 577 g/mol. The van der Waals surface area contributed by atoms with E-state index in [9.17, 15) is 4.79 Å². The molecule has 6 rings (SSSR count). The Morgan fingerprint density at radius 3 is 2.57 bits per heavy atom. The molecule has 1 saturated heterocycles. The van der Waals surface area contributed by atoms with Gasteiger partial charge in [-0.15, -0.1) is 0 Å². The average Bonchev–Trinajstić information content (AvgIpc) is 3.33. The van der Waals surface area contributed by atoms with E-state index in [1.807, 2.05) is 44.3 Å². The fourth-order valence-corrected chi connectivity index (χ4v) is 5.67. The van der Waals surface area contributed by atoms with E-state index in [-0.39, 0.29) is 12.2 Å². The predicted molar refractivity (Wildman–Crippen MR) is 162 cm³/mol. The summed E-state index contributed by atoms with van der Waals surface area (Å²) >= 11 is 0. The molecule has 5 heterocycles. The van der Waals surface area contributed by atoms with Gasteiger partial charge in [0.15, 0.2) is 11.8 Å². The molecule has 3 aliphatic rings. The lowest BCUT2D eigenvalue weighted by molar-refractivity contribution is -0.166. The Labute approximate surface area is 248 Å². The van der Waals surface area contributed by atoms with Crippen molar-refractivity contribution in [2.24, 2.45) is 0 Å². The van der Waals surface area contributed by atoms with Gasteiger partial charge in [0.2, 0.25) is 0 Å². The van der Waals surface area contributed by atoms with Crippen LogP contribution in [0.5, 0.6) is 0 Å². The van der Waals surface area contributed by atoms with Crippen LogP contribution in [0.4, 0.5) is 5.82 Å². The number of rotatable bonds is 4. The maximum absolute atomic E-state index is 13.4. The fraction of sp³-hybridized carbons (Fsp3) is 0.545. The quantitative estimate of drug-likeness (QED) is 0.290. The molecule has 1 fully saturated rings. The molecule has 226 valence electrons. The van der Waals surface area contributed by atoms with Crippen LogP contribution >= 0.6 is 0 Å². The summed E-state index contributed by atoms with van der Waals surface area (Å²) in [7, 11) is 0. The molecule has 0 unspecified atom stereocenters. The first-order valence-electron chi connectivity index (χ1n) is 15.0. The molecule has 42 heavy (non-hydrogen) atoms. The van der Waals surface area contributed by atoms with Crippen LogP contribution in [0, 0.1) is 6.92 Å². The molecule has 9 nitrogen and oxygen atoms in total. The number of aromatic nitrogens is 3. The summed E-state index contributed by atoms with van der Waals surface area (Å²) in [6.07, 6.45) is 5.82. The molecule has 0 radical (unpaired) electrons. The summed E-state index contributed by atoms with van der Waals surface area (Å²) in [5.74, 6) is 0.373. The van der Waals surface area contributed by atoms with Crippen molar-refractivity contribution in [2.75, 3.05) is 31.2 Å². The minimum Gasteiger partial charge on any atom is -0.464 e. The van der Waals surface area contributed by atoms with Gasteiger partial charge in [0, 0.05) is 24.8 Å². The van der Waals surface area contributed by atoms with Gasteiger partial charge in [-0.05, 0) is 71.9 Å². The third-order valence-electron chi connectivity index (χ3n) is 7.87. The summed E-state index contributed by atoms with van der Waals surface area (Å²) in [5.41, 5.74) is 4.41. The zero-order valence-electron chi connectivity index (χ0n) is 25.8. The lowest BCUT2D eigenvalue weighted by atomic mass is 9.92. The first kappa shape index (κ1) is 30.2. The number of fused-ring (bicyclic) bond motifs is 7. The maximum Gasteiger partial charge on any atom is 0.340 e. The molecule has 0 saturated carbocycles. The van der Waals surface area contributed by atoms with Gasteiger partial charge in [-0.2, -0.15) is 9.61 Å². The van der Waals surface area contributed by atoms with Crippen molar-refractivity contribution in [1.29, 1.82) is 0 Å². The number of allylic oxidation sites excluding steroid dienone is 1. The van der Waals surface area contributed by atoms with Crippen molar-refractivity contribution >= 4 is 17.4 Å². The van der Waals surface area contributed by atoms with Gasteiger partial charge in [-0.25, -0.2) is 9.78 Å². The van der Waals surface area contributed by atoms with Crippen LogP contribution in [-0.4, -0.2) is 58.1 Å². The van der Waals surface area contributed by atoms with Crippen LogP contribution in [0.25, 0.3) is 5.65 Å². The fourth-order valence-electron chi connectivity index (χ4n) is 5.67. The number of esters is 1. The molecule has 3 aromatic rings. The van der Waals surface area contributed by atoms with Gasteiger partial charge >= 0.3 is 5.97 Å². The molecular weight excluding hydrogens is 532 g/mol. The number of carbonyl (C=O) groups is 1. The smallest absolute Gasteiger partial charge is 0.340 e. The van der Waals surface area contributed by atoms with Crippen molar-refractivity contribution in [3.63, 3.8) is 0 Å². The zero-order chi connectivity index (χ0) is 29.9. The highest BCUT2D eigenvalue weighted by atomic mass is 16.6. The molecule has 2 aromatic heterocycles. The van der Waals surface area contributed by atoms with Crippen LogP contribution < -0.4 is 4.90 Å². The van der Waals surface area contributed by atoms with E-state index in [0.29, 0.717) is 36.7 Å². The van der Waals surface area contributed by atoms with E-state index in [1.165, 1.54) is 5.56 Å². The van der Waals surface area contributed by atoms with Crippen molar-refractivity contribution in [3.8, 4) is 0 Å². The number of hydrogen-bond acceptors (Lipinski definition) is 8. The minimum absolute atomic E-state index is 0.253. The van der Waals surface area contributed by atoms with Crippen LogP contribution in [0.15, 0.2) is 42.5 Å². The van der Waals surface area contributed by atoms with Gasteiger partial charge in [0.25, 0.3) is 0 Å². The van der Waals surface area contributed by atoms with E-state index >= 15 is 0 Å². The van der Waals surface area contributed by atoms with Gasteiger partial charge in [0.1, 0.15) is 5.82 Å². The van der Waals surface area contributed by atoms with Gasteiger partial charge in [-0.3, -0.25) is 0 Å². The van der Waals surface area contributed by atoms with E-state index < -0.39 is 17.7 Å². The molecule has 9 heteroatoms. The van der Waals surface area contributed by atoms with Gasteiger partial charge in [-0.1, -0.05) is 36.4 Å². The Morgan fingerprint density at radius 1 is 1.12 bits per heavy atom. The SMILES string of the molecule is CCOC(=O)[C@@H](OC(C)(C)C)c1c(C)nc2cc3nn2c1N1CCC(C)(CC1)OC/C=C\Cc1ccccc1COC3. The summed E-state index contributed by atoms with van der Waals surface area (Å²) in [6, 6.07) is 10.3. The summed E-state index contributed by atoms with van der Waals surface area (Å²) < 4.78 is 26.3. The monoisotopic (exact) mass is 576 g/mol. The summed E-state index contributed by atoms with van der Waals surface area (Å²) in [5, 5.41) is 4.97. The van der Waals surface area contributed by atoms with Crippen LogP contribution in [0.2, 0.25) is 0 Å². The van der Waals surface area contributed by atoms with Gasteiger partial charge in [0.05, 0.1) is 48.9 Å². The minimum atomic E-state index is -0.954. The molecule has 0 spiro atoms. The second-order valence-electron chi connectivity index (χ2n) is 12.4. The highest BCUT2D eigenvalue weighted by molar-refractivity contribution is 5.80. The summed E-state index contributed by atoms with van der Waals surface area (Å²) in [6.45, 7) is 14.8. The largest absolute Gasteiger partial charge is 0.464 e. The van der Waals surface area contributed by atoms with Crippen LogP contribution in [0.1, 0.15) is 81.6 Å². The highest BCUT2D eigenvalue weighted by Gasteiger charge is 2.38. The van der Waals surface area contributed by atoms with Crippen molar-refractivity contribution < 1.29 is 23.7 Å². The Kier molecular flexibility index (Phi) is 9.01. The summed E-state index contributed by atoms with van der Waals surface area (Å²) in [4.78, 5) is 20.6. The number of hydrogen-bond donors (Lipinski definition) is 0. The Bertz CT molecular complexity index is 1430. The third-order valence-corrected chi connectivity index (χ3v) is 7.87. The number of ether oxygens (including phenoxy) is 4. The Balaban J connectivity index is 1.61. The number of anilines is 1. The van der Waals surface area contributed by atoms with Crippen molar-refractivity contribution in [1.82, 2.24) is 14.6 Å². The first-order valence-corrected chi connectivity index (χ1v) is 15.0. The van der Waals surface area contributed by atoms with Crippen LogP contribution in [0.3, 0.4) is 0 Å². The Hall–Kier alpha value is -3.27. The molecule has 3 aliphatic heterocycles. The van der Waals surface area contributed by atoms with E-state index in [2.05, 4.69) is 42.2 Å². The lowest BCUT2D eigenvalue weighted by Crippen LogP contribution is -2.45. The van der Waals surface area contributed by atoms with Gasteiger partial charge < -0.3 is 23.8 Å². The number of nitrogens with zero attached hydrogens (tertiary/aromatic N) is 4. The lowest BCUT2D eigenvalue weighted by Gasteiger charge is -2.41. The molecule has 0 aliphatic carbocycles. The maximum atomic E-state index is 13.4. The second-order valence-corrected chi connectivity index (χ2v) is 12.4. The second kappa shape index (κ2) is 12.5. The molecule has 0 N–H and O–H groups in total. The number of carbonyl (C=O) groups excluding carboxylic acids is 1. The predicted octanol–water partition coefficient (Wildman–Crippen LogP) is 5.66. The first-order chi connectivity index (χ1) is 20.1. The molecule has 4 bridgehead atoms. The topological polar surface area (TPSA) is 87.4 Å². The van der Waals surface area contributed by atoms with E-state index in [0.717, 1.165) is 49.4 Å². The van der Waals surface area contributed by atoms with E-state index in [1.54, 1.807) is 6.92 Å².